The van der Waals surface area contributed by atoms with Gasteiger partial charge in [-0.2, -0.15) is 0 Å². The Balaban J connectivity index is 3.00. The maximum atomic E-state index is 5.48. The summed E-state index contributed by atoms with van der Waals surface area (Å²) in [5.74, 6) is 1.63. The first-order valence-electron chi connectivity index (χ1n) is 6.31. The molecule has 0 aliphatic heterocycles. The number of ether oxygens (including phenoxy) is 1. The van der Waals surface area contributed by atoms with Crippen LogP contribution in [0.4, 0.5) is 0 Å². The van der Waals surface area contributed by atoms with Crippen LogP contribution in [-0.4, -0.2) is 20.2 Å². The Kier molecular flexibility index (Phi) is 5.01. The highest BCUT2D eigenvalue weighted by atomic mass is 16.5. The first-order valence-corrected chi connectivity index (χ1v) is 6.31. The average molecular weight is 235 g/mol. The second-order valence-electron chi connectivity index (χ2n) is 5.09. The minimum absolute atomic E-state index is 0.492. The number of methoxy groups -OCH3 is 1. The highest BCUT2D eigenvalue weighted by Gasteiger charge is 2.15. The van der Waals surface area contributed by atoms with Gasteiger partial charge >= 0.3 is 0 Å². The van der Waals surface area contributed by atoms with Crippen LogP contribution in [0, 0.1) is 19.8 Å². The van der Waals surface area contributed by atoms with Crippen molar-refractivity contribution in [3.05, 3.63) is 28.8 Å². The number of rotatable bonds is 5. The number of nitrogens with one attached hydrogen (secondary N) is 1. The molecule has 1 aromatic rings. The predicted octanol–water partition coefficient (Wildman–Crippen LogP) is 3.10. The van der Waals surface area contributed by atoms with Gasteiger partial charge in [-0.15, -0.1) is 0 Å². The van der Waals surface area contributed by atoms with Crippen LogP contribution in [-0.2, 0) is 6.42 Å². The first-order chi connectivity index (χ1) is 7.99. The summed E-state index contributed by atoms with van der Waals surface area (Å²) in [5.41, 5.74) is 3.92. The summed E-state index contributed by atoms with van der Waals surface area (Å²) >= 11 is 0. The van der Waals surface area contributed by atoms with E-state index in [-0.39, 0.29) is 0 Å². The van der Waals surface area contributed by atoms with Gasteiger partial charge in [-0.3, -0.25) is 0 Å². The normalized spacial score (nSPS) is 12.9. The van der Waals surface area contributed by atoms with Gasteiger partial charge in [0.1, 0.15) is 5.75 Å². The molecule has 0 bridgehead atoms. The van der Waals surface area contributed by atoms with Gasteiger partial charge in [0.15, 0.2) is 0 Å². The third-order valence-corrected chi connectivity index (χ3v) is 3.51. The molecule has 1 rings (SSSR count). The predicted molar refractivity (Wildman–Crippen MR) is 73.9 cm³/mol. The number of likely N-dealkylation sites (N-methyl/N-ethyl adjacent to an activating group) is 1. The van der Waals surface area contributed by atoms with Crippen LogP contribution in [0.2, 0.25) is 0 Å². The van der Waals surface area contributed by atoms with Gasteiger partial charge in [0.05, 0.1) is 7.11 Å². The van der Waals surface area contributed by atoms with Crippen LogP contribution in [0.3, 0.4) is 0 Å². The number of benzene rings is 1. The van der Waals surface area contributed by atoms with E-state index in [1.807, 2.05) is 7.05 Å². The smallest absolute Gasteiger partial charge is 0.122 e. The quantitative estimate of drug-likeness (QED) is 0.846. The lowest BCUT2D eigenvalue weighted by Crippen LogP contribution is -2.32. The monoisotopic (exact) mass is 235 g/mol. The van der Waals surface area contributed by atoms with Crippen molar-refractivity contribution >= 4 is 0 Å². The molecule has 0 saturated carbocycles. The summed E-state index contributed by atoms with van der Waals surface area (Å²) < 4.78 is 5.48. The van der Waals surface area contributed by atoms with Gasteiger partial charge < -0.3 is 10.1 Å². The zero-order valence-corrected chi connectivity index (χ0v) is 11.9. The minimum Gasteiger partial charge on any atom is -0.496 e. The van der Waals surface area contributed by atoms with E-state index in [4.69, 9.17) is 4.74 Å². The van der Waals surface area contributed by atoms with Crippen LogP contribution in [0.25, 0.3) is 0 Å². The van der Waals surface area contributed by atoms with E-state index in [1.165, 1.54) is 16.7 Å². The van der Waals surface area contributed by atoms with Crippen LogP contribution >= 0.6 is 0 Å². The molecule has 0 fully saturated rings. The third-order valence-electron chi connectivity index (χ3n) is 3.51. The molecule has 1 N–H and O–H groups in total. The summed E-state index contributed by atoms with van der Waals surface area (Å²) in [7, 11) is 3.77. The van der Waals surface area contributed by atoms with Gasteiger partial charge in [0.2, 0.25) is 0 Å². The summed E-state index contributed by atoms with van der Waals surface area (Å²) in [6.45, 7) is 8.77. The van der Waals surface area contributed by atoms with Crippen LogP contribution in [0.1, 0.15) is 30.5 Å². The van der Waals surface area contributed by atoms with E-state index in [2.05, 4.69) is 45.1 Å². The fourth-order valence-electron chi connectivity index (χ4n) is 2.11. The van der Waals surface area contributed by atoms with Crippen LogP contribution in [0.15, 0.2) is 12.1 Å². The van der Waals surface area contributed by atoms with Crippen molar-refractivity contribution in [2.24, 2.45) is 5.92 Å². The second-order valence-corrected chi connectivity index (χ2v) is 5.09. The highest BCUT2D eigenvalue weighted by Crippen LogP contribution is 2.25. The average Bonchev–Trinajstić information content (AvgIpc) is 2.29. The molecule has 0 saturated heterocycles. The molecule has 0 aliphatic rings. The Morgan fingerprint density at radius 1 is 1.18 bits per heavy atom. The van der Waals surface area contributed by atoms with E-state index >= 15 is 0 Å². The van der Waals surface area contributed by atoms with Crippen LogP contribution in [0.5, 0.6) is 5.75 Å². The van der Waals surface area contributed by atoms with E-state index in [0.717, 1.165) is 12.2 Å². The Labute approximate surface area is 105 Å². The van der Waals surface area contributed by atoms with Gasteiger partial charge in [-0.1, -0.05) is 19.9 Å². The summed E-state index contributed by atoms with van der Waals surface area (Å²) in [6.07, 6.45) is 1.01. The summed E-state index contributed by atoms with van der Waals surface area (Å²) in [5, 5.41) is 3.38. The first kappa shape index (κ1) is 14.0. The zero-order chi connectivity index (χ0) is 13.0. The van der Waals surface area contributed by atoms with Gasteiger partial charge in [0.25, 0.3) is 0 Å². The molecule has 1 atom stereocenters. The van der Waals surface area contributed by atoms with Crippen molar-refractivity contribution in [1.82, 2.24) is 5.32 Å². The molecular formula is C15H25NO. The highest BCUT2D eigenvalue weighted by molar-refractivity contribution is 5.42. The molecule has 2 nitrogen and oxygen atoms in total. The summed E-state index contributed by atoms with van der Waals surface area (Å²) in [6, 6.07) is 4.88. The van der Waals surface area contributed by atoms with E-state index in [1.54, 1.807) is 7.11 Å². The van der Waals surface area contributed by atoms with E-state index < -0.39 is 0 Å². The van der Waals surface area contributed by atoms with E-state index in [9.17, 15) is 0 Å². The molecule has 96 valence electrons. The Bertz CT molecular complexity index is 371. The SMILES string of the molecule is CNC(Cc1cc(C)c(C)cc1OC)C(C)C. The van der Waals surface area contributed by atoms with Crippen molar-refractivity contribution < 1.29 is 4.74 Å². The van der Waals surface area contributed by atoms with Crippen molar-refractivity contribution in [3.63, 3.8) is 0 Å². The van der Waals surface area contributed by atoms with Crippen molar-refractivity contribution in [2.75, 3.05) is 14.2 Å². The molecule has 0 heterocycles. The van der Waals surface area contributed by atoms with Crippen molar-refractivity contribution in [3.8, 4) is 5.75 Å². The molecule has 17 heavy (non-hydrogen) atoms. The second kappa shape index (κ2) is 6.06. The fraction of sp³-hybridized carbons (Fsp3) is 0.600. The Hall–Kier alpha value is -1.02. The van der Waals surface area contributed by atoms with E-state index in [0.29, 0.717) is 12.0 Å². The third kappa shape index (κ3) is 3.47. The lowest BCUT2D eigenvalue weighted by molar-refractivity contribution is 0.391. The molecule has 0 radical (unpaired) electrons. The fourth-order valence-corrected chi connectivity index (χ4v) is 2.11. The van der Waals surface area contributed by atoms with Gasteiger partial charge in [0, 0.05) is 6.04 Å². The molecule has 1 unspecified atom stereocenters. The number of hydrogen-bond donors (Lipinski definition) is 1. The largest absolute Gasteiger partial charge is 0.496 e. The standard InChI is InChI=1S/C15H25NO/c1-10(2)14(16-5)9-13-7-11(3)12(4)8-15(13)17-6/h7-8,10,14,16H,9H2,1-6H3. The van der Waals surface area contributed by atoms with Crippen molar-refractivity contribution in [1.29, 1.82) is 0 Å². The van der Waals surface area contributed by atoms with Crippen LogP contribution < -0.4 is 10.1 Å². The summed E-state index contributed by atoms with van der Waals surface area (Å²) in [4.78, 5) is 0. The molecule has 0 aliphatic carbocycles. The molecular weight excluding hydrogens is 210 g/mol. The molecule has 0 amide bonds. The maximum Gasteiger partial charge on any atom is 0.122 e. The molecule has 2 heteroatoms. The van der Waals surface area contributed by atoms with Gasteiger partial charge in [-0.25, -0.2) is 0 Å². The number of hydrogen-bond acceptors (Lipinski definition) is 2. The molecule has 0 spiro atoms. The zero-order valence-electron chi connectivity index (χ0n) is 11.9. The van der Waals surface area contributed by atoms with Gasteiger partial charge in [-0.05, 0) is 56.0 Å². The lowest BCUT2D eigenvalue weighted by atomic mass is 9.94. The lowest BCUT2D eigenvalue weighted by Gasteiger charge is -2.22. The maximum absolute atomic E-state index is 5.48. The Morgan fingerprint density at radius 3 is 2.24 bits per heavy atom. The Morgan fingerprint density at radius 2 is 1.76 bits per heavy atom. The minimum atomic E-state index is 0.492. The van der Waals surface area contributed by atoms with Crippen molar-refractivity contribution in [2.45, 2.75) is 40.2 Å². The number of aryl methyl sites for hydroxylation is 2. The molecule has 1 aromatic carbocycles. The molecule has 0 aromatic heterocycles. The topological polar surface area (TPSA) is 21.3 Å².